The van der Waals surface area contributed by atoms with E-state index in [9.17, 15) is 13.2 Å². The van der Waals surface area contributed by atoms with Crippen LogP contribution >= 0.6 is 0 Å². The molecule has 0 saturated carbocycles. The number of rotatable bonds is 5. The summed E-state index contributed by atoms with van der Waals surface area (Å²) in [6.07, 6.45) is 0. The van der Waals surface area contributed by atoms with Crippen molar-refractivity contribution >= 4 is 26.4 Å². The minimum atomic E-state index is -3.01. The number of pyridine rings is 1. The number of hydrogen-bond acceptors (Lipinski definition) is 4. The Bertz CT molecular complexity index is 779. The van der Waals surface area contributed by atoms with Crippen LogP contribution in [0.4, 0.5) is 5.69 Å². The van der Waals surface area contributed by atoms with Crippen LogP contribution in [0.25, 0.3) is 10.9 Å². The monoisotopic (exact) mass is 294 g/mol. The number of benzene rings is 1. The fraction of sp³-hybridized carbons (Fsp3) is 0.357. The first kappa shape index (κ1) is 14.6. The maximum Gasteiger partial charge on any atom is 0.252 e. The van der Waals surface area contributed by atoms with Crippen LogP contribution in [0, 0.1) is 0 Å². The zero-order chi connectivity index (χ0) is 14.8. The Balaban J connectivity index is 2.31. The van der Waals surface area contributed by atoms with E-state index in [1.54, 1.807) is 18.5 Å². The molecule has 0 atom stereocenters. The molecule has 0 bridgehead atoms. The molecule has 20 heavy (non-hydrogen) atoms. The van der Waals surface area contributed by atoms with E-state index in [4.69, 9.17) is 0 Å². The third kappa shape index (κ3) is 3.01. The molecule has 0 aliphatic carbocycles. The van der Waals surface area contributed by atoms with Crippen molar-refractivity contribution in [3.8, 4) is 0 Å². The second-order valence-electron chi connectivity index (χ2n) is 4.64. The van der Waals surface area contributed by atoms with Crippen molar-refractivity contribution in [3.63, 3.8) is 0 Å². The van der Waals surface area contributed by atoms with Crippen LogP contribution in [0.3, 0.4) is 0 Å². The van der Waals surface area contributed by atoms with Gasteiger partial charge in [-0.15, -0.1) is 0 Å². The normalized spacial score (nSPS) is 11.7. The summed E-state index contributed by atoms with van der Waals surface area (Å²) in [6.45, 7) is 1.93. The molecule has 0 amide bonds. The third-order valence-corrected chi connectivity index (χ3v) is 5.03. The van der Waals surface area contributed by atoms with Crippen molar-refractivity contribution in [3.05, 3.63) is 40.7 Å². The standard InChI is InChI=1S/C14H18N2O3S/c1-3-20(18,19)9-8-15-12-10-14(17)16(2)13-7-5-4-6-11(12)13/h4-7,10,15H,3,8-9H2,1-2H3. The lowest BCUT2D eigenvalue weighted by molar-refractivity contribution is 0.597. The molecular formula is C14H18N2O3S. The van der Waals surface area contributed by atoms with Gasteiger partial charge in [0.1, 0.15) is 0 Å². The van der Waals surface area contributed by atoms with Crippen LogP contribution in [0.5, 0.6) is 0 Å². The average Bonchev–Trinajstić information content (AvgIpc) is 2.44. The van der Waals surface area contributed by atoms with Crippen molar-refractivity contribution < 1.29 is 8.42 Å². The Morgan fingerprint density at radius 2 is 1.95 bits per heavy atom. The van der Waals surface area contributed by atoms with Gasteiger partial charge in [-0.2, -0.15) is 0 Å². The lowest BCUT2D eigenvalue weighted by Crippen LogP contribution is -2.20. The van der Waals surface area contributed by atoms with Gasteiger partial charge in [0, 0.05) is 36.5 Å². The molecule has 0 saturated heterocycles. The first-order chi connectivity index (χ1) is 9.44. The minimum absolute atomic E-state index is 0.0625. The quantitative estimate of drug-likeness (QED) is 0.904. The summed E-state index contributed by atoms with van der Waals surface area (Å²) in [5.41, 5.74) is 1.38. The summed E-state index contributed by atoms with van der Waals surface area (Å²) in [4.78, 5) is 11.9. The topological polar surface area (TPSA) is 68.2 Å². The summed E-state index contributed by atoms with van der Waals surface area (Å²) in [5, 5.41) is 3.96. The van der Waals surface area contributed by atoms with Gasteiger partial charge in [-0.05, 0) is 6.07 Å². The number of sulfone groups is 1. The Hall–Kier alpha value is -1.82. The molecule has 0 radical (unpaired) electrons. The molecule has 1 aromatic heterocycles. The van der Waals surface area contributed by atoms with Gasteiger partial charge in [0.15, 0.2) is 9.84 Å². The van der Waals surface area contributed by atoms with Crippen LogP contribution in [-0.4, -0.2) is 31.0 Å². The van der Waals surface area contributed by atoms with Crippen LogP contribution in [0.1, 0.15) is 6.92 Å². The third-order valence-electron chi connectivity index (χ3n) is 3.32. The minimum Gasteiger partial charge on any atom is -0.383 e. The van der Waals surface area contributed by atoms with Gasteiger partial charge in [0.25, 0.3) is 5.56 Å². The molecule has 6 heteroatoms. The van der Waals surface area contributed by atoms with Crippen LogP contribution < -0.4 is 10.9 Å². The van der Waals surface area contributed by atoms with E-state index in [0.29, 0.717) is 12.2 Å². The zero-order valence-corrected chi connectivity index (χ0v) is 12.4. The molecule has 0 fully saturated rings. The fourth-order valence-corrected chi connectivity index (χ4v) is 2.74. The number of aryl methyl sites for hydroxylation is 1. The van der Waals surface area contributed by atoms with E-state index in [-0.39, 0.29) is 17.1 Å². The number of nitrogens with zero attached hydrogens (tertiary/aromatic N) is 1. The van der Waals surface area contributed by atoms with Gasteiger partial charge in [0.05, 0.1) is 11.3 Å². The molecule has 0 aliphatic heterocycles. The van der Waals surface area contributed by atoms with E-state index in [1.165, 1.54) is 6.07 Å². The lowest BCUT2D eigenvalue weighted by atomic mass is 10.2. The number of hydrogen-bond donors (Lipinski definition) is 1. The van der Waals surface area contributed by atoms with Crippen LogP contribution in [0.15, 0.2) is 35.1 Å². The molecular weight excluding hydrogens is 276 g/mol. The highest BCUT2D eigenvalue weighted by molar-refractivity contribution is 7.91. The number of aromatic nitrogens is 1. The average molecular weight is 294 g/mol. The van der Waals surface area contributed by atoms with E-state index in [0.717, 1.165) is 10.9 Å². The summed E-state index contributed by atoms with van der Waals surface area (Å²) in [6, 6.07) is 9.03. The first-order valence-electron chi connectivity index (χ1n) is 6.47. The predicted octanol–water partition coefficient (Wildman–Crippen LogP) is 1.39. The maximum atomic E-state index is 11.9. The first-order valence-corrected chi connectivity index (χ1v) is 8.30. The molecule has 1 aromatic carbocycles. The van der Waals surface area contributed by atoms with Crippen LogP contribution in [0.2, 0.25) is 0 Å². The zero-order valence-electron chi connectivity index (χ0n) is 11.6. The predicted molar refractivity (Wildman–Crippen MR) is 82.0 cm³/mol. The second kappa shape index (κ2) is 5.66. The number of fused-ring (bicyclic) bond motifs is 1. The van der Waals surface area contributed by atoms with Crippen LogP contribution in [-0.2, 0) is 16.9 Å². The van der Waals surface area contributed by atoms with Crippen molar-refractivity contribution in [2.24, 2.45) is 7.05 Å². The van der Waals surface area contributed by atoms with E-state index >= 15 is 0 Å². The summed E-state index contributed by atoms with van der Waals surface area (Å²) in [7, 11) is -1.29. The second-order valence-corrected chi connectivity index (χ2v) is 7.11. The number of para-hydroxylation sites is 1. The molecule has 2 aromatic rings. The molecule has 5 nitrogen and oxygen atoms in total. The van der Waals surface area contributed by atoms with Gasteiger partial charge in [-0.3, -0.25) is 4.79 Å². The highest BCUT2D eigenvalue weighted by Crippen LogP contribution is 2.20. The Morgan fingerprint density at radius 1 is 1.25 bits per heavy atom. The van der Waals surface area contributed by atoms with E-state index in [1.807, 2.05) is 24.3 Å². The summed E-state index contributed by atoms with van der Waals surface area (Å²) < 4.78 is 24.5. The molecule has 108 valence electrons. The SMILES string of the molecule is CCS(=O)(=O)CCNc1cc(=O)n(C)c2ccccc12. The highest BCUT2D eigenvalue weighted by atomic mass is 32.2. The summed E-state index contributed by atoms with van der Waals surface area (Å²) in [5.74, 6) is 0.193. The van der Waals surface area contributed by atoms with Gasteiger partial charge in [0.2, 0.25) is 0 Å². The van der Waals surface area contributed by atoms with Gasteiger partial charge >= 0.3 is 0 Å². The molecule has 0 spiro atoms. The Kier molecular flexibility index (Phi) is 4.13. The smallest absolute Gasteiger partial charge is 0.252 e. The highest BCUT2D eigenvalue weighted by Gasteiger charge is 2.09. The van der Waals surface area contributed by atoms with Crippen molar-refractivity contribution in [1.29, 1.82) is 0 Å². The maximum absolute atomic E-state index is 11.9. The molecule has 0 aliphatic rings. The number of anilines is 1. The fourth-order valence-electron chi connectivity index (χ4n) is 2.04. The van der Waals surface area contributed by atoms with Crippen molar-refractivity contribution in [1.82, 2.24) is 4.57 Å². The Labute approximate surface area is 118 Å². The van der Waals surface area contributed by atoms with Gasteiger partial charge < -0.3 is 9.88 Å². The number of nitrogens with one attached hydrogen (secondary N) is 1. The molecule has 1 N–H and O–H groups in total. The Morgan fingerprint density at radius 3 is 2.65 bits per heavy atom. The largest absolute Gasteiger partial charge is 0.383 e. The summed E-state index contributed by atoms with van der Waals surface area (Å²) >= 11 is 0. The van der Waals surface area contributed by atoms with Gasteiger partial charge in [-0.25, -0.2) is 8.42 Å². The van der Waals surface area contributed by atoms with Crippen molar-refractivity contribution in [2.45, 2.75) is 6.92 Å². The van der Waals surface area contributed by atoms with Crippen molar-refractivity contribution in [2.75, 3.05) is 23.4 Å². The van der Waals surface area contributed by atoms with Gasteiger partial charge in [-0.1, -0.05) is 25.1 Å². The molecule has 2 rings (SSSR count). The van der Waals surface area contributed by atoms with E-state index < -0.39 is 9.84 Å². The molecule has 1 heterocycles. The lowest BCUT2D eigenvalue weighted by Gasteiger charge is -2.12. The van der Waals surface area contributed by atoms with E-state index in [2.05, 4.69) is 5.32 Å². The molecule has 0 unspecified atom stereocenters.